The van der Waals surface area contributed by atoms with Crippen molar-refractivity contribution >= 4 is 35.1 Å². The van der Waals surface area contributed by atoms with E-state index in [-0.39, 0.29) is 43.5 Å². The van der Waals surface area contributed by atoms with Crippen molar-refractivity contribution in [2.45, 2.75) is 33.6 Å². The summed E-state index contributed by atoms with van der Waals surface area (Å²) in [4.78, 5) is 42.1. The van der Waals surface area contributed by atoms with Crippen molar-refractivity contribution in [1.82, 2.24) is 15.1 Å². The predicted octanol–water partition coefficient (Wildman–Crippen LogP) is 2.94. The molecule has 0 atom stereocenters. The van der Waals surface area contributed by atoms with Gasteiger partial charge in [-0.1, -0.05) is 38.8 Å². The van der Waals surface area contributed by atoms with Crippen LogP contribution >= 0.6 is 11.6 Å². The second-order valence-electron chi connectivity index (χ2n) is 7.39. The van der Waals surface area contributed by atoms with E-state index in [9.17, 15) is 14.4 Å². The minimum atomic E-state index is -0.240. The number of hydrogen-bond donors (Lipinski definition) is 1. The molecule has 0 bridgehead atoms. The van der Waals surface area contributed by atoms with Crippen LogP contribution in [0.5, 0.6) is 0 Å². The standard InChI is InChI=1S/C20H29ClN4O3/c1-4-5-10-22-20(28)23(11-15(2)3)12-18(26)24-13-19(27)25(14-24)17-8-6-16(21)7-9-17/h6-9,15H,4-5,10-14H2,1-3H3,(H,22,28). The number of nitrogens with zero attached hydrogens (tertiary/aromatic N) is 3. The van der Waals surface area contributed by atoms with Gasteiger partial charge in [0.1, 0.15) is 19.8 Å². The van der Waals surface area contributed by atoms with Gasteiger partial charge in [-0.15, -0.1) is 0 Å². The molecule has 4 amide bonds. The van der Waals surface area contributed by atoms with Gasteiger partial charge in [0.25, 0.3) is 0 Å². The molecule has 8 heteroatoms. The highest BCUT2D eigenvalue weighted by Crippen LogP contribution is 2.21. The molecule has 1 aromatic carbocycles. The summed E-state index contributed by atoms with van der Waals surface area (Å²) in [6, 6.07) is 6.68. The topological polar surface area (TPSA) is 73.0 Å². The van der Waals surface area contributed by atoms with E-state index < -0.39 is 0 Å². The van der Waals surface area contributed by atoms with Gasteiger partial charge in [-0.2, -0.15) is 0 Å². The van der Waals surface area contributed by atoms with Gasteiger partial charge in [0.15, 0.2) is 0 Å². The molecule has 154 valence electrons. The van der Waals surface area contributed by atoms with Crippen LogP contribution in [0.15, 0.2) is 24.3 Å². The summed E-state index contributed by atoms with van der Waals surface area (Å²) in [5, 5.41) is 3.45. The first-order valence-electron chi connectivity index (χ1n) is 9.68. The molecule has 0 unspecified atom stereocenters. The number of unbranched alkanes of at least 4 members (excludes halogenated alkanes) is 1. The molecule has 1 aliphatic rings. The Bertz CT molecular complexity index is 693. The molecule has 1 aliphatic heterocycles. The molecule has 28 heavy (non-hydrogen) atoms. The molecule has 0 aromatic heterocycles. The summed E-state index contributed by atoms with van der Waals surface area (Å²) >= 11 is 5.90. The predicted molar refractivity (Wildman–Crippen MR) is 110 cm³/mol. The summed E-state index contributed by atoms with van der Waals surface area (Å²) in [5.74, 6) is -0.162. The Balaban J connectivity index is 1.99. The van der Waals surface area contributed by atoms with Gasteiger partial charge < -0.3 is 15.1 Å². The normalized spacial score (nSPS) is 14.0. The highest BCUT2D eigenvalue weighted by molar-refractivity contribution is 6.30. The molecular weight excluding hydrogens is 380 g/mol. The number of anilines is 1. The Labute approximate surface area is 171 Å². The molecule has 1 saturated heterocycles. The first kappa shape index (κ1) is 22.0. The molecule has 0 radical (unpaired) electrons. The Morgan fingerprint density at radius 1 is 1.25 bits per heavy atom. The van der Waals surface area contributed by atoms with Gasteiger partial charge in [0.05, 0.1) is 0 Å². The molecule has 1 heterocycles. The second kappa shape index (κ2) is 10.3. The van der Waals surface area contributed by atoms with Crippen molar-refractivity contribution in [3.05, 3.63) is 29.3 Å². The number of amides is 4. The second-order valence-corrected chi connectivity index (χ2v) is 7.83. The van der Waals surface area contributed by atoms with Gasteiger partial charge in [-0.3, -0.25) is 14.5 Å². The number of hydrogen-bond acceptors (Lipinski definition) is 3. The zero-order valence-corrected chi connectivity index (χ0v) is 17.5. The van der Waals surface area contributed by atoms with Crippen molar-refractivity contribution in [2.24, 2.45) is 5.92 Å². The molecule has 1 aromatic rings. The maximum atomic E-state index is 12.8. The Hall–Kier alpha value is -2.28. The van der Waals surface area contributed by atoms with Crippen LogP contribution < -0.4 is 10.2 Å². The van der Waals surface area contributed by atoms with Crippen LogP contribution in [0.1, 0.15) is 33.6 Å². The van der Waals surface area contributed by atoms with Crippen LogP contribution in [0.25, 0.3) is 0 Å². The lowest BCUT2D eigenvalue weighted by molar-refractivity contribution is -0.132. The average Bonchev–Trinajstić information content (AvgIpc) is 3.03. The molecule has 1 N–H and O–H groups in total. The van der Waals surface area contributed by atoms with Gasteiger partial charge in [0, 0.05) is 23.8 Å². The van der Waals surface area contributed by atoms with Gasteiger partial charge in [-0.05, 0) is 36.6 Å². The molecule has 0 saturated carbocycles. The van der Waals surface area contributed by atoms with Crippen molar-refractivity contribution < 1.29 is 14.4 Å². The minimum Gasteiger partial charge on any atom is -0.338 e. The Morgan fingerprint density at radius 3 is 2.54 bits per heavy atom. The maximum absolute atomic E-state index is 12.8. The first-order chi connectivity index (χ1) is 13.3. The van der Waals surface area contributed by atoms with E-state index in [1.807, 2.05) is 13.8 Å². The van der Waals surface area contributed by atoms with Crippen molar-refractivity contribution in [3.63, 3.8) is 0 Å². The quantitative estimate of drug-likeness (QED) is 0.672. The molecule has 0 aliphatic carbocycles. The molecule has 1 fully saturated rings. The van der Waals surface area contributed by atoms with Crippen LogP contribution in [0.3, 0.4) is 0 Å². The highest BCUT2D eigenvalue weighted by atomic mass is 35.5. The Morgan fingerprint density at radius 2 is 1.93 bits per heavy atom. The summed E-state index contributed by atoms with van der Waals surface area (Å²) < 4.78 is 0. The van der Waals surface area contributed by atoms with Crippen LogP contribution in [0, 0.1) is 5.92 Å². The van der Waals surface area contributed by atoms with E-state index in [2.05, 4.69) is 12.2 Å². The minimum absolute atomic E-state index is 0.00837. The smallest absolute Gasteiger partial charge is 0.317 e. The third-order valence-electron chi connectivity index (χ3n) is 4.44. The van der Waals surface area contributed by atoms with Gasteiger partial charge >= 0.3 is 6.03 Å². The van der Waals surface area contributed by atoms with Crippen LogP contribution in [0.4, 0.5) is 10.5 Å². The van der Waals surface area contributed by atoms with E-state index in [0.29, 0.717) is 23.8 Å². The molecule has 0 spiro atoms. The first-order valence-corrected chi connectivity index (χ1v) is 10.1. The Kier molecular flexibility index (Phi) is 8.11. The largest absolute Gasteiger partial charge is 0.338 e. The fraction of sp³-hybridized carbons (Fsp3) is 0.550. The summed E-state index contributed by atoms with van der Waals surface area (Å²) in [7, 11) is 0. The number of rotatable bonds is 8. The maximum Gasteiger partial charge on any atom is 0.317 e. The summed E-state index contributed by atoms with van der Waals surface area (Å²) in [5.41, 5.74) is 0.695. The van der Waals surface area contributed by atoms with E-state index in [1.165, 1.54) is 9.80 Å². The van der Waals surface area contributed by atoms with E-state index >= 15 is 0 Å². The van der Waals surface area contributed by atoms with E-state index in [4.69, 9.17) is 11.6 Å². The molecule has 2 rings (SSSR count). The lowest BCUT2D eigenvalue weighted by atomic mass is 10.2. The zero-order chi connectivity index (χ0) is 20.7. The third-order valence-corrected chi connectivity index (χ3v) is 4.69. The van der Waals surface area contributed by atoms with Crippen LogP contribution in [0.2, 0.25) is 5.02 Å². The number of nitrogens with one attached hydrogen (secondary N) is 1. The summed E-state index contributed by atoms with van der Waals surface area (Å²) in [6.45, 7) is 7.25. The van der Waals surface area contributed by atoms with Crippen LogP contribution in [-0.2, 0) is 9.59 Å². The third kappa shape index (κ3) is 6.12. The van der Waals surface area contributed by atoms with Crippen LogP contribution in [-0.4, -0.2) is 60.5 Å². The lowest BCUT2D eigenvalue weighted by Gasteiger charge is -2.26. The van der Waals surface area contributed by atoms with Crippen molar-refractivity contribution in [2.75, 3.05) is 37.7 Å². The summed E-state index contributed by atoms with van der Waals surface area (Å²) in [6.07, 6.45) is 1.88. The number of urea groups is 1. The van der Waals surface area contributed by atoms with E-state index in [1.54, 1.807) is 29.2 Å². The number of carbonyl (C=O) groups is 3. The van der Waals surface area contributed by atoms with Crippen molar-refractivity contribution in [1.29, 1.82) is 0 Å². The fourth-order valence-corrected chi connectivity index (χ4v) is 3.10. The van der Waals surface area contributed by atoms with Gasteiger partial charge in [0.2, 0.25) is 11.8 Å². The highest BCUT2D eigenvalue weighted by Gasteiger charge is 2.33. The lowest BCUT2D eigenvalue weighted by Crippen LogP contribution is -2.48. The fourth-order valence-electron chi connectivity index (χ4n) is 2.97. The number of carbonyl (C=O) groups excluding carboxylic acids is 3. The van der Waals surface area contributed by atoms with Gasteiger partial charge in [-0.25, -0.2) is 4.79 Å². The number of benzene rings is 1. The SMILES string of the molecule is CCCCNC(=O)N(CC(=O)N1CC(=O)N(c2ccc(Cl)cc2)C1)CC(C)C. The average molecular weight is 409 g/mol. The zero-order valence-electron chi connectivity index (χ0n) is 16.8. The molecule has 7 nitrogen and oxygen atoms in total. The monoisotopic (exact) mass is 408 g/mol. The number of halogens is 1. The molecular formula is C20H29ClN4O3. The van der Waals surface area contributed by atoms with Crippen molar-refractivity contribution in [3.8, 4) is 0 Å². The van der Waals surface area contributed by atoms with E-state index in [0.717, 1.165) is 12.8 Å².